The van der Waals surface area contributed by atoms with E-state index >= 15 is 0 Å². The minimum absolute atomic E-state index is 0.0415. The van der Waals surface area contributed by atoms with Gasteiger partial charge in [0.25, 0.3) is 0 Å². The van der Waals surface area contributed by atoms with Gasteiger partial charge in [0.1, 0.15) is 0 Å². The van der Waals surface area contributed by atoms with E-state index in [4.69, 9.17) is 10.9 Å². The molecule has 3 N–H and O–H groups in total. The number of nitrogens with two attached hydrogens (primary N) is 1. The molecule has 0 radical (unpaired) electrons. The number of fused-ring (bicyclic) bond motifs is 1. The Labute approximate surface area is 127 Å². The number of para-hydroxylation sites is 1. The molecule has 21 heavy (non-hydrogen) atoms. The zero-order valence-electron chi connectivity index (χ0n) is 12.2. The van der Waals surface area contributed by atoms with Crippen LogP contribution in [0.4, 0.5) is 0 Å². The minimum atomic E-state index is 0.0415. The summed E-state index contributed by atoms with van der Waals surface area (Å²) in [5, 5.41) is 6.98. The number of hydrogen-bond acceptors (Lipinski definition) is 5. The summed E-state index contributed by atoms with van der Waals surface area (Å²) in [6, 6.07) is 8.37. The molecule has 0 aliphatic heterocycles. The molecule has 0 saturated heterocycles. The molecule has 0 bridgehead atoms. The Morgan fingerprint density at radius 1 is 1.38 bits per heavy atom. The van der Waals surface area contributed by atoms with Crippen molar-refractivity contribution in [3.8, 4) is 0 Å². The second kappa shape index (κ2) is 5.93. The Bertz CT molecular complexity index is 745. The van der Waals surface area contributed by atoms with Gasteiger partial charge in [0, 0.05) is 29.4 Å². The molecule has 6 heteroatoms. The van der Waals surface area contributed by atoms with Crippen LogP contribution in [-0.4, -0.2) is 14.8 Å². The summed E-state index contributed by atoms with van der Waals surface area (Å²) >= 11 is 1.67. The standard InChI is InChI=1S/C15H19N5S/c1-3-20-14-7-5-4-6-11(14)12(19-20)8-13(18-16)15-9-17-10(2)21-15/h4-7,9,13,18H,3,8,16H2,1-2H3. The molecule has 0 saturated carbocycles. The average molecular weight is 301 g/mol. The summed E-state index contributed by atoms with van der Waals surface area (Å²) in [5.41, 5.74) is 5.14. The summed E-state index contributed by atoms with van der Waals surface area (Å²) in [5.74, 6) is 5.74. The molecule has 1 unspecified atom stereocenters. The zero-order valence-corrected chi connectivity index (χ0v) is 13.0. The lowest BCUT2D eigenvalue weighted by Crippen LogP contribution is -2.29. The summed E-state index contributed by atoms with van der Waals surface area (Å²) in [6.07, 6.45) is 2.65. The van der Waals surface area contributed by atoms with Gasteiger partial charge >= 0.3 is 0 Å². The van der Waals surface area contributed by atoms with E-state index in [1.807, 2.05) is 23.9 Å². The first kappa shape index (κ1) is 14.2. The average Bonchev–Trinajstić information content (AvgIpc) is 3.09. The quantitative estimate of drug-likeness (QED) is 0.561. The van der Waals surface area contributed by atoms with E-state index in [0.29, 0.717) is 0 Å². The van der Waals surface area contributed by atoms with E-state index in [2.05, 4.69) is 35.5 Å². The first-order valence-corrected chi connectivity index (χ1v) is 7.87. The largest absolute Gasteiger partial charge is 0.271 e. The third-order valence-corrected chi connectivity index (χ3v) is 4.64. The van der Waals surface area contributed by atoms with Gasteiger partial charge in [-0.2, -0.15) is 5.10 Å². The molecule has 3 aromatic rings. The van der Waals surface area contributed by atoms with E-state index in [1.165, 1.54) is 10.9 Å². The Hall–Kier alpha value is -1.76. The lowest BCUT2D eigenvalue weighted by molar-refractivity contribution is 0.546. The maximum Gasteiger partial charge on any atom is 0.0897 e. The van der Waals surface area contributed by atoms with Crippen molar-refractivity contribution in [2.75, 3.05) is 0 Å². The van der Waals surface area contributed by atoms with Crippen molar-refractivity contribution in [1.82, 2.24) is 20.2 Å². The van der Waals surface area contributed by atoms with Crippen molar-refractivity contribution in [1.29, 1.82) is 0 Å². The fourth-order valence-electron chi connectivity index (χ4n) is 2.56. The maximum atomic E-state index is 5.74. The van der Waals surface area contributed by atoms with E-state index in [1.54, 1.807) is 11.3 Å². The highest BCUT2D eigenvalue weighted by Crippen LogP contribution is 2.26. The van der Waals surface area contributed by atoms with Crippen LogP contribution in [0.5, 0.6) is 0 Å². The summed E-state index contributed by atoms with van der Waals surface area (Å²) in [4.78, 5) is 5.45. The highest BCUT2D eigenvalue weighted by atomic mass is 32.1. The topological polar surface area (TPSA) is 68.8 Å². The molecule has 1 atom stereocenters. The molecule has 0 aliphatic rings. The maximum absolute atomic E-state index is 5.74. The van der Waals surface area contributed by atoms with Crippen molar-refractivity contribution in [2.45, 2.75) is 32.9 Å². The van der Waals surface area contributed by atoms with Gasteiger partial charge in [0.15, 0.2) is 0 Å². The van der Waals surface area contributed by atoms with Gasteiger partial charge in [0.2, 0.25) is 0 Å². The highest BCUT2D eigenvalue weighted by molar-refractivity contribution is 7.11. The lowest BCUT2D eigenvalue weighted by Gasteiger charge is -2.12. The molecule has 0 amide bonds. The van der Waals surface area contributed by atoms with Gasteiger partial charge in [0.05, 0.1) is 22.3 Å². The number of hydrogen-bond donors (Lipinski definition) is 2. The van der Waals surface area contributed by atoms with Crippen LogP contribution in [0, 0.1) is 6.92 Å². The molecule has 0 aliphatic carbocycles. The monoisotopic (exact) mass is 301 g/mol. The number of hydrazine groups is 1. The Morgan fingerprint density at radius 3 is 2.86 bits per heavy atom. The van der Waals surface area contributed by atoms with Crippen LogP contribution in [-0.2, 0) is 13.0 Å². The van der Waals surface area contributed by atoms with E-state index in [0.717, 1.165) is 28.5 Å². The van der Waals surface area contributed by atoms with Crippen LogP contribution in [0.15, 0.2) is 30.5 Å². The van der Waals surface area contributed by atoms with Crippen LogP contribution < -0.4 is 11.3 Å². The van der Waals surface area contributed by atoms with Gasteiger partial charge in [-0.05, 0) is 19.9 Å². The fourth-order valence-corrected chi connectivity index (χ4v) is 3.41. The van der Waals surface area contributed by atoms with Crippen molar-refractivity contribution >= 4 is 22.2 Å². The predicted octanol–water partition coefficient (Wildman–Crippen LogP) is 2.57. The summed E-state index contributed by atoms with van der Waals surface area (Å²) in [6.45, 7) is 4.97. The highest BCUT2D eigenvalue weighted by Gasteiger charge is 2.17. The zero-order chi connectivity index (χ0) is 14.8. The number of benzene rings is 1. The Kier molecular flexibility index (Phi) is 4.01. The molecule has 2 heterocycles. The molecule has 0 spiro atoms. The lowest BCUT2D eigenvalue weighted by atomic mass is 10.1. The van der Waals surface area contributed by atoms with Gasteiger partial charge in [-0.15, -0.1) is 11.3 Å². The first-order chi connectivity index (χ1) is 10.2. The van der Waals surface area contributed by atoms with Gasteiger partial charge in [-0.1, -0.05) is 18.2 Å². The van der Waals surface area contributed by atoms with Crippen LogP contribution >= 0.6 is 11.3 Å². The van der Waals surface area contributed by atoms with Crippen molar-refractivity contribution in [3.63, 3.8) is 0 Å². The second-order valence-electron chi connectivity index (χ2n) is 4.98. The van der Waals surface area contributed by atoms with Crippen LogP contribution in [0.25, 0.3) is 10.9 Å². The minimum Gasteiger partial charge on any atom is -0.271 e. The molecule has 3 rings (SSSR count). The second-order valence-corrected chi connectivity index (χ2v) is 6.25. The third kappa shape index (κ3) is 2.70. The van der Waals surface area contributed by atoms with Crippen LogP contribution in [0.3, 0.4) is 0 Å². The number of aromatic nitrogens is 3. The molecule has 2 aromatic heterocycles. The van der Waals surface area contributed by atoms with Crippen LogP contribution in [0.2, 0.25) is 0 Å². The van der Waals surface area contributed by atoms with Gasteiger partial charge in [-0.25, -0.2) is 4.98 Å². The Balaban J connectivity index is 1.97. The predicted molar refractivity (Wildman–Crippen MR) is 86.0 cm³/mol. The van der Waals surface area contributed by atoms with Crippen molar-refractivity contribution in [2.24, 2.45) is 5.84 Å². The van der Waals surface area contributed by atoms with E-state index in [-0.39, 0.29) is 6.04 Å². The molecular weight excluding hydrogens is 282 g/mol. The molecule has 5 nitrogen and oxygen atoms in total. The summed E-state index contributed by atoms with van der Waals surface area (Å²) in [7, 11) is 0. The number of thiazole rings is 1. The fraction of sp³-hybridized carbons (Fsp3) is 0.333. The molecule has 1 aromatic carbocycles. The number of rotatable bonds is 5. The van der Waals surface area contributed by atoms with E-state index < -0.39 is 0 Å². The molecule has 110 valence electrons. The normalized spacial score (nSPS) is 12.9. The summed E-state index contributed by atoms with van der Waals surface area (Å²) < 4.78 is 2.04. The SMILES string of the molecule is CCn1nc(CC(NN)c2cnc(C)s2)c2ccccc21. The number of aryl methyl sites for hydroxylation is 2. The molecular formula is C15H19N5S. The smallest absolute Gasteiger partial charge is 0.0897 e. The van der Waals surface area contributed by atoms with Crippen LogP contribution in [0.1, 0.15) is 28.5 Å². The molecule has 0 fully saturated rings. The number of nitrogens with zero attached hydrogens (tertiary/aromatic N) is 3. The van der Waals surface area contributed by atoms with Gasteiger partial charge < -0.3 is 0 Å². The third-order valence-electron chi connectivity index (χ3n) is 3.62. The first-order valence-electron chi connectivity index (χ1n) is 7.05. The van der Waals surface area contributed by atoms with Gasteiger partial charge in [-0.3, -0.25) is 16.0 Å². The van der Waals surface area contributed by atoms with Crippen molar-refractivity contribution < 1.29 is 0 Å². The Morgan fingerprint density at radius 2 is 2.19 bits per heavy atom. The van der Waals surface area contributed by atoms with E-state index in [9.17, 15) is 0 Å². The van der Waals surface area contributed by atoms with Crippen molar-refractivity contribution in [3.05, 3.63) is 46.0 Å². The number of nitrogens with one attached hydrogen (secondary N) is 1.